The van der Waals surface area contributed by atoms with Crippen LogP contribution in [-0.2, 0) is 17.6 Å². The van der Waals surface area contributed by atoms with Crippen LogP contribution in [0.3, 0.4) is 0 Å². The number of nitrogens with one attached hydrogen (secondary N) is 2. The van der Waals surface area contributed by atoms with Crippen LogP contribution in [0, 0.1) is 6.92 Å². The molecule has 6 nitrogen and oxygen atoms in total. The highest BCUT2D eigenvalue weighted by molar-refractivity contribution is 7.14. The van der Waals surface area contributed by atoms with Gasteiger partial charge in [-0.15, -0.1) is 22.7 Å². The summed E-state index contributed by atoms with van der Waals surface area (Å²) in [6.07, 6.45) is 3.08. The minimum atomic E-state index is -0.207. The number of benzene rings is 1. The van der Waals surface area contributed by atoms with Crippen molar-refractivity contribution in [3.63, 3.8) is 0 Å². The van der Waals surface area contributed by atoms with Crippen LogP contribution in [0.2, 0.25) is 0 Å². The summed E-state index contributed by atoms with van der Waals surface area (Å²) in [5.74, 6) is -0.266. The molecule has 2 amide bonds. The van der Waals surface area contributed by atoms with E-state index in [1.54, 1.807) is 28.8 Å². The van der Waals surface area contributed by atoms with E-state index in [9.17, 15) is 9.59 Å². The molecule has 2 heterocycles. The Balaban J connectivity index is 1.36. The number of hydrogen-bond donors (Lipinski definition) is 2. The van der Waals surface area contributed by atoms with Crippen molar-refractivity contribution in [1.82, 2.24) is 15.3 Å². The minimum Gasteiger partial charge on any atom is -0.356 e. The number of carbonyl (C=O) groups is 2. The number of carbonyl (C=O) groups excluding carboxylic acids is 2. The molecule has 3 aromatic rings. The maximum Gasteiger partial charge on any atom is 0.257 e. The number of aromatic nitrogens is 2. The number of rotatable bonds is 9. The first kappa shape index (κ1) is 20.2. The highest BCUT2D eigenvalue weighted by Gasteiger charge is 2.11. The second-order valence-corrected chi connectivity index (χ2v) is 8.13. The van der Waals surface area contributed by atoms with Gasteiger partial charge in [-0.25, -0.2) is 9.97 Å². The second kappa shape index (κ2) is 10.1. The van der Waals surface area contributed by atoms with Crippen LogP contribution in [0.25, 0.3) is 0 Å². The summed E-state index contributed by atoms with van der Waals surface area (Å²) >= 11 is 3.00. The molecule has 0 fully saturated rings. The maximum atomic E-state index is 12.1. The van der Waals surface area contributed by atoms with Gasteiger partial charge in [-0.05, 0) is 38.3 Å². The smallest absolute Gasteiger partial charge is 0.257 e. The van der Waals surface area contributed by atoms with E-state index in [-0.39, 0.29) is 18.2 Å². The molecule has 0 aliphatic carbocycles. The van der Waals surface area contributed by atoms with E-state index in [0.717, 1.165) is 30.0 Å². The first-order valence-corrected chi connectivity index (χ1v) is 10.8. The topological polar surface area (TPSA) is 84.0 Å². The van der Waals surface area contributed by atoms with Gasteiger partial charge in [0.15, 0.2) is 5.13 Å². The molecule has 146 valence electrons. The fourth-order valence-corrected chi connectivity index (χ4v) is 4.10. The molecular weight excluding hydrogens is 392 g/mol. The maximum absolute atomic E-state index is 12.1. The third-order valence-corrected chi connectivity index (χ3v) is 5.79. The Morgan fingerprint density at radius 1 is 1.04 bits per heavy atom. The van der Waals surface area contributed by atoms with E-state index in [4.69, 9.17) is 0 Å². The van der Waals surface area contributed by atoms with Crippen LogP contribution < -0.4 is 10.6 Å². The summed E-state index contributed by atoms with van der Waals surface area (Å²) in [6.45, 7) is 2.64. The molecule has 2 aromatic heterocycles. The highest BCUT2D eigenvalue weighted by Crippen LogP contribution is 2.17. The summed E-state index contributed by atoms with van der Waals surface area (Å²) in [4.78, 5) is 32.9. The zero-order valence-corrected chi connectivity index (χ0v) is 17.2. The lowest BCUT2D eigenvalue weighted by molar-refractivity contribution is -0.120. The van der Waals surface area contributed by atoms with Gasteiger partial charge in [-0.1, -0.05) is 18.2 Å². The van der Waals surface area contributed by atoms with Gasteiger partial charge in [-0.2, -0.15) is 0 Å². The van der Waals surface area contributed by atoms with Gasteiger partial charge < -0.3 is 5.32 Å². The lowest BCUT2D eigenvalue weighted by atomic mass is 10.2. The third-order valence-electron chi connectivity index (χ3n) is 3.96. The second-order valence-electron chi connectivity index (χ2n) is 6.33. The summed E-state index contributed by atoms with van der Waals surface area (Å²) in [7, 11) is 0. The van der Waals surface area contributed by atoms with Crippen LogP contribution in [0.1, 0.15) is 39.6 Å². The largest absolute Gasteiger partial charge is 0.356 e. The molecule has 0 spiro atoms. The summed E-state index contributed by atoms with van der Waals surface area (Å²) < 4.78 is 0. The lowest BCUT2D eigenvalue weighted by Gasteiger charge is -2.03. The molecule has 0 aliphatic rings. The third kappa shape index (κ3) is 6.24. The highest BCUT2D eigenvalue weighted by atomic mass is 32.1. The average Bonchev–Trinajstić information content (AvgIpc) is 3.30. The number of thiazole rings is 2. The van der Waals surface area contributed by atoms with Gasteiger partial charge in [0.1, 0.15) is 0 Å². The summed E-state index contributed by atoms with van der Waals surface area (Å²) in [6, 6.07) is 8.96. The predicted octanol–water partition coefficient (Wildman–Crippen LogP) is 3.84. The molecular formula is C20H22N4O2S2. The summed E-state index contributed by atoms with van der Waals surface area (Å²) in [5.41, 5.74) is 2.30. The SMILES string of the molecule is Cc1csc(CCCCNC(=O)Cc2csc(NC(=O)c3ccccc3)n2)n1. The molecule has 0 saturated heterocycles. The van der Waals surface area contributed by atoms with Gasteiger partial charge in [0.25, 0.3) is 5.91 Å². The fraction of sp³-hybridized carbons (Fsp3) is 0.300. The molecule has 0 saturated carbocycles. The molecule has 2 N–H and O–H groups in total. The molecule has 0 aliphatic heterocycles. The standard InChI is InChI=1S/C20H22N4O2S2/c1-14-12-27-18(22-14)9-5-6-10-21-17(25)11-16-13-28-20(23-16)24-19(26)15-7-3-2-4-8-15/h2-4,7-8,12-13H,5-6,9-11H2,1H3,(H,21,25)(H,23,24,26). The Bertz CT molecular complexity index is 921. The molecule has 0 unspecified atom stereocenters. The molecule has 28 heavy (non-hydrogen) atoms. The monoisotopic (exact) mass is 414 g/mol. The molecule has 0 radical (unpaired) electrons. The van der Waals surface area contributed by atoms with Crippen LogP contribution >= 0.6 is 22.7 Å². The normalized spacial score (nSPS) is 10.6. The number of amides is 2. The molecule has 0 atom stereocenters. The quantitative estimate of drug-likeness (QED) is 0.521. The van der Waals surface area contributed by atoms with Crippen LogP contribution in [0.4, 0.5) is 5.13 Å². The van der Waals surface area contributed by atoms with Crippen molar-refractivity contribution in [3.8, 4) is 0 Å². The fourth-order valence-electron chi connectivity index (χ4n) is 2.58. The Kier molecular flexibility index (Phi) is 7.27. The molecule has 1 aromatic carbocycles. The van der Waals surface area contributed by atoms with Crippen molar-refractivity contribution in [2.24, 2.45) is 0 Å². The van der Waals surface area contributed by atoms with Crippen molar-refractivity contribution in [2.45, 2.75) is 32.6 Å². The van der Waals surface area contributed by atoms with E-state index in [0.29, 0.717) is 22.9 Å². The zero-order valence-electron chi connectivity index (χ0n) is 15.6. The van der Waals surface area contributed by atoms with E-state index < -0.39 is 0 Å². The Morgan fingerprint density at radius 3 is 2.61 bits per heavy atom. The van der Waals surface area contributed by atoms with Gasteiger partial charge in [0.2, 0.25) is 5.91 Å². The van der Waals surface area contributed by atoms with E-state index in [1.165, 1.54) is 11.3 Å². The Morgan fingerprint density at radius 2 is 1.86 bits per heavy atom. The van der Waals surface area contributed by atoms with Gasteiger partial charge >= 0.3 is 0 Å². The number of aryl methyl sites for hydroxylation is 2. The van der Waals surface area contributed by atoms with Gasteiger partial charge in [0.05, 0.1) is 17.1 Å². The Labute approximate surface area is 172 Å². The zero-order chi connectivity index (χ0) is 19.8. The van der Waals surface area contributed by atoms with Crippen molar-refractivity contribution in [1.29, 1.82) is 0 Å². The molecule has 3 rings (SSSR count). The van der Waals surface area contributed by atoms with Crippen molar-refractivity contribution >= 4 is 39.6 Å². The van der Waals surface area contributed by atoms with Crippen LogP contribution in [0.15, 0.2) is 41.1 Å². The lowest BCUT2D eigenvalue weighted by Crippen LogP contribution is -2.26. The van der Waals surface area contributed by atoms with Crippen molar-refractivity contribution in [3.05, 3.63) is 63.1 Å². The van der Waals surface area contributed by atoms with Crippen LogP contribution in [0.5, 0.6) is 0 Å². The van der Waals surface area contributed by atoms with Crippen LogP contribution in [-0.4, -0.2) is 28.3 Å². The minimum absolute atomic E-state index is 0.0590. The number of hydrogen-bond acceptors (Lipinski definition) is 6. The first-order valence-electron chi connectivity index (χ1n) is 9.08. The van der Waals surface area contributed by atoms with Crippen molar-refractivity contribution in [2.75, 3.05) is 11.9 Å². The molecule has 0 bridgehead atoms. The van der Waals surface area contributed by atoms with E-state index >= 15 is 0 Å². The number of nitrogens with zero attached hydrogens (tertiary/aromatic N) is 2. The predicted molar refractivity (Wildman–Crippen MR) is 113 cm³/mol. The first-order chi connectivity index (χ1) is 13.6. The number of anilines is 1. The summed E-state index contributed by atoms with van der Waals surface area (Å²) in [5, 5.41) is 11.2. The van der Waals surface area contributed by atoms with E-state index in [2.05, 4.69) is 26.0 Å². The Hall–Kier alpha value is -2.58. The molecule has 8 heteroatoms. The van der Waals surface area contributed by atoms with Gasteiger partial charge in [0, 0.05) is 28.6 Å². The van der Waals surface area contributed by atoms with Crippen molar-refractivity contribution < 1.29 is 9.59 Å². The van der Waals surface area contributed by atoms with Gasteiger partial charge in [-0.3, -0.25) is 14.9 Å². The number of unbranched alkanes of at least 4 members (excludes halogenated alkanes) is 1. The average molecular weight is 415 g/mol. The van der Waals surface area contributed by atoms with E-state index in [1.807, 2.05) is 25.1 Å².